The summed E-state index contributed by atoms with van der Waals surface area (Å²) in [6, 6.07) is 1.95. The zero-order valence-electron chi connectivity index (χ0n) is 11.9. The third kappa shape index (κ3) is 3.85. The van der Waals surface area contributed by atoms with Crippen LogP contribution in [0.5, 0.6) is 0 Å². The van der Waals surface area contributed by atoms with Gasteiger partial charge < -0.3 is 9.47 Å². The third-order valence-electron chi connectivity index (χ3n) is 3.50. The van der Waals surface area contributed by atoms with Crippen molar-refractivity contribution in [3.8, 4) is 0 Å². The first-order valence-electron chi connectivity index (χ1n) is 7.30. The van der Waals surface area contributed by atoms with Crippen LogP contribution in [0.3, 0.4) is 0 Å². The molecule has 0 aromatic carbocycles. The van der Waals surface area contributed by atoms with Gasteiger partial charge in [-0.15, -0.1) is 0 Å². The van der Waals surface area contributed by atoms with Crippen LogP contribution < -0.4 is 0 Å². The van der Waals surface area contributed by atoms with E-state index in [4.69, 9.17) is 0 Å². The summed E-state index contributed by atoms with van der Waals surface area (Å²) in [4.78, 5) is 14.7. The molecule has 1 aliphatic rings. The maximum Gasteiger partial charge on any atom is 0.270 e. The number of rotatable bonds is 7. The van der Waals surface area contributed by atoms with Crippen LogP contribution in [0.4, 0.5) is 0 Å². The number of aromatic nitrogens is 1. The molecule has 0 unspecified atom stereocenters. The van der Waals surface area contributed by atoms with E-state index in [-0.39, 0.29) is 5.91 Å². The Morgan fingerprint density at radius 1 is 1.42 bits per heavy atom. The van der Waals surface area contributed by atoms with Gasteiger partial charge in [-0.2, -0.15) is 0 Å². The number of carbonyl (C=O) groups is 1. The van der Waals surface area contributed by atoms with Gasteiger partial charge in [0.25, 0.3) is 5.91 Å². The number of aryl methyl sites for hydroxylation is 1. The number of carbonyl (C=O) groups excluding carboxylic acids is 1. The molecular formula is C15H23BrN2O. The largest absolute Gasteiger partial charge is 0.342 e. The van der Waals surface area contributed by atoms with Crippen molar-refractivity contribution in [1.29, 1.82) is 0 Å². The van der Waals surface area contributed by atoms with Gasteiger partial charge >= 0.3 is 0 Å². The predicted molar refractivity (Wildman–Crippen MR) is 81.3 cm³/mol. The molecule has 1 saturated carbocycles. The quantitative estimate of drug-likeness (QED) is 0.745. The summed E-state index contributed by atoms with van der Waals surface area (Å²) < 4.78 is 3.06. The minimum atomic E-state index is 0.188. The lowest BCUT2D eigenvalue weighted by Gasteiger charge is -2.22. The highest BCUT2D eigenvalue weighted by Crippen LogP contribution is 2.30. The fourth-order valence-electron chi connectivity index (χ4n) is 2.40. The SMILES string of the molecule is CCCN(CC1CC1)C(=O)c1cc(Br)cn1CCC. The number of nitrogens with zero attached hydrogens (tertiary/aromatic N) is 2. The smallest absolute Gasteiger partial charge is 0.270 e. The maximum absolute atomic E-state index is 12.7. The molecule has 3 nitrogen and oxygen atoms in total. The molecule has 1 fully saturated rings. The second-order valence-corrected chi connectivity index (χ2v) is 6.35. The lowest BCUT2D eigenvalue weighted by atomic mass is 10.3. The summed E-state index contributed by atoms with van der Waals surface area (Å²) in [5, 5.41) is 0. The van der Waals surface area contributed by atoms with E-state index in [1.54, 1.807) is 0 Å². The molecule has 1 aromatic rings. The lowest BCUT2D eigenvalue weighted by molar-refractivity contribution is 0.0736. The molecule has 1 aromatic heterocycles. The molecule has 1 amide bonds. The molecule has 0 radical (unpaired) electrons. The molecule has 0 saturated heterocycles. The summed E-state index contributed by atoms with van der Waals surface area (Å²) in [6.07, 6.45) is 6.64. The Kier molecular flexibility index (Phi) is 5.08. The first kappa shape index (κ1) is 14.6. The first-order valence-corrected chi connectivity index (χ1v) is 8.10. The standard InChI is InChI=1S/C15H23BrN2O/c1-3-7-17-11-13(16)9-14(17)15(19)18(8-4-2)10-12-5-6-12/h9,11-12H,3-8,10H2,1-2H3. The number of amides is 1. The number of hydrogen-bond donors (Lipinski definition) is 0. The van der Waals surface area contributed by atoms with Gasteiger partial charge in [0.05, 0.1) is 0 Å². The maximum atomic E-state index is 12.7. The van der Waals surface area contributed by atoms with Crippen LogP contribution in [0, 0.1) is 5.92 Å². The summed E-state index contributed by atoms with van der Waals surface area (Å²) in [7, 11) is 0. The van der Waals surface area contributed by atoms with Gasteiger partial charge in [-0.1, -0.05) is 13.8 Å². The number of halogens is 1. The molecule has 1 heterocycles. The van der Waals surface area contributed by atoms with E-state index in [1.165, 1.54) is 12.8 Å². The molecule has 0 aliphatic heterocycles. The highest BCUT2D eigenvalue weighted by Gasteiger charge is 2.28. The van der Waals surface area contributed by atoms with E-state index in [1.807, 2.05) is 17.2 Å². The molecule has 2 rings (SSSR count). The van der Waals surface area contributed by atoms with Crippen LogP contribution in [-0.2, 0) is 6.54 Å². The second-order valence-electron chi connectivity index (χ2n) is 5.43. The van der Waals surface area contributed by atoms with Crippen molar-refractivity contribution in [1.82, 2.24) is 9.47 Å². The van der Waals surface area contributed by atoms with Gasteiger partial charge in [-0.3, -0.25) is 4.79 Å². The molecule has 0 bridgehead atoms. The molecule has 4 heteroatoms. The minimum Gasteiger partial charge on any atom is -0.342 e. The summed E-state index contributed by atoms with van der Waals surface area (Å²) in [5.74, 6) is 0.932. The average molecular weight is 327 g/mol. The van der Waals surface area contributed by atoms with Crippen LogP contribution in [0.1, 0.15) is 50.0 Å². The Bertz CT molecular complexity index is 437. The van der Waals surface area contributed by atoms with Crippen LogP contribution in [-0.4, -0.2) is 28.5 Å². The Morgan fingerprint density at radius 3 is 2.74 bits per heavy atom. The molecule has 106 valence electrons. The zero-order chi connectivity index (χ0) is 13.8. The lowest BCUT2D eigenvalue weighted by Crippen LogP contribution is -2.34. The van der Waals surface area contributed by atoms with Crippen molar-refractivity contribution >= 4 is 21.8 Å². The first-order chi connectivity index (χ1) is 9.15. The van der Waals surface area contributed by atoms with E-state index >= 15 is 0 Å². The van der Waals surface area contributed by atoms with Crippen molar-refractivity contribution in [2.24, 2.45) is 5.92 Å². The van der Waals surface area contributed by atoms with Crippen LogP contribution in [0.2, 0.25) is 0 Å². The minimum absolute atomic E-state index is 0.188. The summed E-state index contributed by atoms with van der Waals surface area (Å²) in [5.41, 5.74) is 0.822. The van der Waals surface area contributed by atoms with Gasteiger partial charge in [0.1, 0.15) is 5.69 Å². The zero-order valence-corrected chi connectivity index (χ0v) is 13.4. The van der Waals surface area contributed by atoms with Crippen LogP contribution in [0.25, 0.3) is 0 Å². The Hall–Kier alpha value is -0.770. The van der Waals surface area contributed by atoms with Crippen molar-refractivity contribution in [2.75, 3.05) is 13.1 Å². The molecule has 1 aliphatic carbocycles. The van der Waals surface area contributed by atoms with Crippen molar-refractivity contribution in [3.63, 3.8) is 0 Å². The third-order valence-corrected chi connectivity index (χ3v) is 3.94. The Balaban J connectivity index is 2.14. The monoisotopic (exact) mass is 326 g/mol. The van der Waals surface area contributed by atoms with E-state index in [0.717, 1.165) is 48.6 Å². The summed E-state index contributed by atoms with van der Waals surface area (Å²) in [6.45, 7) is 6.96. The highest BCUT2D eigenvalue weighted by atomic mass is 79.9. The van der Waals surface area contributed by atoms with E-state index in [0.29, 0.717) is 0 Å². The highest BCUT2D eigenvalue weighted by molar-refractivity contribution is 9.10. The van der Waals surface area contributed by atoms with Crippen LogP contribution >= 0.6 is 15.9 Å². The molecule has 0 atom stereocenters. The van der Waals surface area contributed by atoms with Gasteiger partial charge in [0.15, 0.2) is 0 Å². The Morgan fingerprint density at radius 2 is 2.16 bits per heavy atom. The van der Waals surface area contributed by atoms with E-state index < -0.39 is 0 Å². The summed E-state index contributed by atoms with van der Waals surface area (Å²) >= 11 is 3.48. The van der Waals surface area contributed by atoms with Crippen LogP contribution in [0.15, 0.2) is 16.7 Å². The normalized spacial score (nSPS) is 14.7. The predicted octanol–water partition coefficient (Wildman–Crippen LogP) is 3.92. The topological polar surface area (TPSA) is 25.2 Å². The van der Waals surface area contributed by atoms with Gasteiger partial charge in [-0.25, -0.2) is 0 Å². The van der Waals surface area contributed by atoms with E-state index in [9.17, 15) is 4.79 Å². The van der Waals surface area contributed by atoms with Gasteiger partial charge in [-0.05, 0) is 53.6 Å². The number of hydrogen-bond acceptors (Lipinski definition) is 1. The fourth-order valence-corrected chi connectivity index (χ4v) is 2.86. The van der Waals surface area contributed by atoms with Crippen molar-refractivity contribution in [3.05, 3.63) is 22.4 Å². The molecule has 0 N–H and O–H groups in total. The molecule has 19 heavy (non-hydrogen) atoms. The van der Waals surface area contributed by atoms with Gasteiger partial charge in [0.2, 0.25) is 0 Å². The van der Waals surface area contributed by atoms with Gasteiger partial charge in [0, 0.05) is 30.3 Å². The van der Waals surface area contributed by atoms with E-state index in [2.05, 4.69) is 34.3 Å². The molecule has 0 spiro atoms. The average Bonchev–Trinajstić information content (AvgIpc) is 3.11. The second kappa shape index (κ2) is 6.60. The van der Waals surface area contributed by atoms with Crippen molar-refractivity contribution < 1.29 is 4.79 Å². The molecular weight excluding hydrogens is 304 g/mol. The fraction of sp³-hybridized carbons (Fsp3) is 0.667. The van der Waals surface area contributed by atoms with Crippen molar-refractivity contribution in [2.45, 2.75) is 46.1 Å². The Labute approximate surface area is 124 Å².